The highest BCUT2D eigenvalue weighted by Gasteiger charge is 2.30. The SMILES string of the molecule is CCCCCC/C=C\C=C/CCCCCCCC(=O)O[C@H](COC(=O)CCCCCCCCC(C)CC)COP(=O)(O)OC[C@H](O)COP(=O)(O)OC[C@@H](COC(=O)CCCCCCCCCCCCCCCC(C)C)OC(=O)CCCCCCCCCCCCCCC(C)C. The van der Waals surface area contributed by atoms with E-state index in [0.29, 0.717) is 25.7 Å². The fourth-order valence-electron chi connectivity index (χ4n) is 11.2. The molecule has 0 heterocycles. The molecule has 0 aromatic rings. The van der Waals surface area contributed by atoms with Crippen LogP contribution in [0.3, 0.4) is 0 Å². The zero-order valence-corrected chi connectivity index (χ0v) is 64.1. The number of rotatable bonds is 73. The molecule has 0 bridgehead atoms. The molecule has 0 aromatic heterocycles. The Kier molecular flexibility index (Phi) is 65.3. The van der Waals surface area contributed by atoms with Gasteiger partial charge in [-0.3, -0.25) is 37.3 Å². The summed E-state index contributed by atoms with van der Waals surface area (Å²) in [6.45, 7) is 11.8. The standard InChI is InChI=1S/C77H146O17P2/c1-8-10-11-12-13-14-15-16-17-20-27-32-37-46-53-60-77(82)94-73(65-88-75(80)59-52-45-40-39-43-50-57-70(7)9-2)67-92-96(85,86)90-63-71(78)62-89-95(83,84)91-66-72(93-76(81)61-54-47-38-33-28-23-22-25-30-35-42-49-56-69(5)6)64-87-74(79)58-51-44-36-31-26-21-18-19-24-29-34-41-48-55-68(3)4/h14-17,68-73,78H,8-13,18-67H2,1-7H3,(H,83,84)(H,85,86)/b15-14-,17-16-/t70?,71-,72-,73-/m1/s1. The summed E-state index contributed by atoms with van der Waals surface area (Å²) in [7, 11) is -9.93. The Hall–Kier alpha value is -2.46. The molecule has 96 heavy (non-hydrogen) atoms. The van der Waals surface area contributed by atoms with Gasteiger partial charge in [-0.2, -0.15) is 0 Å². The Bertz CT molecular complexity index is 1970. The fourth-order valence-corrected chi connectivity index (χ4v) is 12.8. The normalized spacial score (nSPS) is 14.5. The zero-order valence-electron chi connectivity index (χ0n) is 62.3. The van der Waals surface area contributed by atoms with Crippen LogP contribution in [-0.2, 0) is 65.4 Å². The number of carbonyl (C=O) groups is 4. The van der Waals surface area contributed by atoms with Gasteiger partial charge < -0.3 is 33.8 Å². The molecule has 0 aliphatic carbocycles. The van der Waals surface area contributed by atoms with Gasteiger partial charge in [-0.05, 0) is 69.1 Å². The first-order valence-electron chi connectivity index (χ1n) is 39.2. The molecule has 19 heteroatoms. The number of phosphoric acid groups is 2. The molecule has 3 N–H and O–H groups in total. The summed E-state index contributed by atoms with van der Waals surface area (Å²) < 4.78 is 68.5. The number of esters is 4. The number of phosphoric ester groups is 2. The van der Waals surface area contributed by atoms with Gasteiger partial charge >= 0.3 is 39.5 Å². The minimum Gasteiger partial charge on any atom is -0.462 e. The third kappa shape index (κ3) is 68.7. The summed E-state index contributed by atoms with van der Waals surface area (Å²) in [4.78, 5) is 72.8. The largest absolute Gasteiger partial charge is 0.472 e. The van der Waals surface area contributed by atoms with Crippen molar-refractivity contribution in [2.24, 2.45) is 17.8 Å². The second kappa shape index (κ2) is 67.1. The second-order valence-corrected chi connectivity index (χ2v) is 31.2. The average molecular weight is 1410 g/mol. The number of ether oxygens (including phenoxy) is 4. The molecule has 6 atom stereocenters. The van der Waals surface area contributed by atoms with E-state index < -0.39 is 97.5 Å². The van der Waals surface area contributed by atoms with Crippen LogP contribution in [0.5, 0.6) is 0 Å². The first-order chi connectivity index (χ1) is 46.3. The topological polar surface area (TPSA) is 237 Å². The average Bonchev–Trinajstić information content (AvgIpc) is 1.68. The van der Waals surface area contributed by atoms with Crippen LogP contribution >= 0.6 is 15.6 Å². The second-order valence-electron chi connectivity index (χ2n) is 28.3. The Labute approximate surface area is 586 Å². The maximum Gasteiger partial charge on any atom is 0.472 e. The lowest BCUT2D eigenvalue weighted by Crippen LogP contribution is -2.30. The number of aliphatic hydroxyl groups excluding tert-OH is 1. The van der Waals surface area contributed by atoms with Gasteiger partial charge in [0.15, 0.2) is 12.2 Å². The zero-order chi connectivity index (χ0) is 70.9. The van der Waals surface area contributed by atoms with Gasteiger partial charge in [0.2, 0.25) is 0 Å². The van der Waals surface area contributed by atoms with Gasteiger partial charge in [0.25, 0.3) is 0 Å². The monoisotopic (exact) mass is 1410 g/mol. The molecule has 3 unspecified atom stereocenters. The van der Waals surface area contributed by atoms with Gasteiger partial charge in [-0.15, -0.1) is 0 Å². The van der Waals surface area contributed by atoms with E-state index >= 15 is 0 Å². The van der Waals surface area contributed by atoms with E-state index in [1.807, 2.05) is 0 Å². The van der Waals surface area contributed by atoms with Gasteiger partial charge in [0.1, 0.15) is 19.3 Å². The van der Waals surface area contributed by atoms with Crippen LogP contribution in [0.15, 0.2) is 24.3 Å². The summed E-state index contributed by atoms with van der Waals surface area (Å²) in [5.74, 6) is 0.145. The molecular weight excluding hydrogens is 1260 g/mol. The van der Waals surface area contributed by atoms with Crippen LogP contribution < -0.4 is 0 Å². The molecule has 0 aliphatic rings. The molecule has 566 valence electrons. The van der Waals surface area contributed by atoms with E-state index in [0.717, 1.165) is 127 Å². The third-order valence-corrected chi connectivity index (χ3v) is 19.5. The predicted octanol–water partition coefficient (Wildman–Crippen LogP) is 22.1. The molecule has 17 nitrogen and oxygen atoms in total. The van der Waals surface area contributed by atoms with Crippen molar-refractivity contribution in [2.75, 3.05) is 39.6 Å². The lowest BCUT2D eigenvalue weighted by Gasteiger charge is -2.21. The highest BCUT2D eigenvalue weighted by molar-refractivity contribution is 7.47. The van der Waals surface area contributed by atoms with E-state index in [1.54, 1.807) is 0 Å². The highest BCUT2D eigenvalue weighted by Crippen LogP contribution is 2.45. The summed E-state index contributed by atoms with van der Waals surface area (Å²) in [5.41, 5.74) is 0. The van der Waals surface area contributed by atoms with Crippen LogP contribution in [0, 0.1) is 17.8 Å². The molecule has 0 rings (SSSR count). The summed E-state index contributed by atoms with van der Waals surface area (Å²) >= 11 is 0. The first-order valence-corrected chi connectivity index (χ1v) is 42.2. The number of aliphatic hydroxyl groups is 1. The Balaban J connectivity index is 5.29. The molecule has 0 amide bonds. The van der Waals surface area contributed by atoms with Gasteiger partial charge in [-0.1, -0.05) is 317 Å². The quantitative estimate of drug-likeness (QED) is 0.0169. The fraction of sp³-hybridized carbons (Fsp3) is 0.896. The van der Waals surface area contributed by atoms with Crippen LogP contribution in [0.25, 0.3) is 0 Å². The molecule has 0 saturated carbocycles. The van der Waals surface area contributed by atoms with Crippen molar-refractivity contribution in [3.8, 4) is 0 Å². The Morgan fingerprint density at radius 3 is 0.927 bits per heavy atom. The van der Waals surface area contributed by atoms with Crippen molar-refractivity contribution in [1.82, 2.24) is 0 Å². The van der Waals surface area contributed by atoms with Gasteiger partial charge in [0, 0.05) is 25.7 Å². The third-order valence-electron chi connectivity index (χ3n) is 17.6. The van der Waals surface area contributed by atoms with E-state index in [1.165, 1.54) is 161 Å². The maximum absolute atomic E-state index is 13.1. The first kappa shape index (κ1) is 93.5. The van der Waals surface area contributed by atoms with Crippen LogP contribution in [-0.4, -0.2) is 96.7 Å². The van der Waals surface area contributed by atoms with Gasteiger partial charge in [0.05, 0.1) is 26.4 Å². The molecule has 0 aromatic carbocycles. The van der Waals surface area contributed by atoms with Crippen molar-refractivity contribution in [1.29, 1.82) is 0 Å². The lowest BCUT2D eigenvalue weighted by atomic mass is 10.00. The molecule has 0 spiro atoms. The van der Waals surface area contributed by atoms with Crippen LogP contribution in [0.1, 0.15) is 370 Å². The van der Waals surface area contributed by atoms with E-state index in [2.05, 4.69) is 72.8 Å². The minimum absolute atomic E-state index is 0.0839. The van der Waals surface area contributed by atoms with Crippen molar-refractivity contribution in [2.45, 2.75) is 388 Å². The number of unbranched alkanes of at least 4 members (excludes halogenated alkanes) is 37. The molecule has 0 fully saturated rings. The maximum atomic E-state index is 13.1. The summed E-state index contributed by atoms with van der Waals surface area (Å²) in [6, 6.07) is 0. The van der Waals surface area contributed by atoms with Crippen molar-refractivity contribution < 1.29 is 80.2 Å². The predicted molar refractivity (Wildman–Crippen MR) is 390 cm³/mol. The van der Waals surface area contributed by atoms with Crippen LogP contribution in [0.2, 0.25) is 0 Å². The van der Waals surface area contributed by atoms with Crippen LogP contribution in [0.4, 0.5) is 0 Å². The number of carbonyl (C=O) groups excluding carboxylic acids is 4. The highest BCUT2D eigenvalue weighted by atomic mass is 31.2. The van der Waals surface area contributed by atoms with E-state index in [9.17, 15) is 43.2 Å². The van der Waals surface area contributed by atoms with E-state index in [-0.39, 0.29) is 25.7 Å². The lowest BCUT2D eigenvalue weighted by molar-refractivity contribution is -0.161. The summed E-state index contributed by atoms with van der Waals surface area (Å²) in [5, 5.41) is 10.6. The van der Waals surface area contributed by atoms with E-state index in [4.69, 9.17) is 37.0 Å². The van der Waals surface area contributed by atoms with Gasteiger partial charge in [-0.25, -0.2) is 9.13 Å². The number of hydrogen-bond acceptors (Lipinski definition) is 15. The van der Waals surface area contributed by atoms with Crippen molar-refractivity contribution in [3.63, 3.8) is 0 Å². The van der Waals surface area contributed by atoms with Crippen molar-refractivity contribution >= 4 is 39.5 Å². The molecular formula is C77H146O17P2. The molecule has 0 saturated heterocycles. The number of allylic oxidation sites excluding steroid dienone is 4. The smallest absolute Gasteiger partial charge is 0.462 e. The van der Waals surface area contributed by atoms with Crippen molar-refractivity contribution in [3.05, 3.63) is 24.3 Å². The Morgan fingerprint density at radius 2 is 0.615 bits per heavy atom. The number of hydrogen-bond donors (Lipinski definition) is 3. The molecule has 0 aliphatic heterocycles. The summed E-state index contributed by atoms with van der Waals surface area (Å²) in [6.07, 6.45) is 56.3. The Morgan fingerprint density at radius 1 is 0.344 bits per heavy atom. The molecule has 0 radical (unpaired) electrons. The minimum atomic E-state index is -4.96.